The fourth-order valence-corrected chi connectivity index (χ4v) is 5.30. The molecule has 3 aromatic carbocycles. The van der Waals surface area contributed by atoms with Gasteiger partial charge in [0, 0.05) is 43.9 Å². The summed E-state index contributed by atoms with van der Waals surface area (Å²) in [6.07, 6.45) is 0.900. The second-order valence-electron chi connectivity index (χ2n) is 11.0. The summed E-state index contributed by atoms with van der Waals surface area (Å²) in [4.78, 5) is 20.8. The molecule has 1 aliphatic rings. The fourth-order valence-electron chi connectivity index (χ4n) is 5.30. The minimum atomic E-state index is -0.295. The Balaban J connectivity index is 1.58. The van der Waals surface area contributed by atoms with Gasteiger partial charge in [-0.1, -0.05) is 56.3 Å². The first-order valence-electron chi connectivity index (χ1n) is 13.9. The first-order valence-corrected chi connectivity index (χ1v) is 13.9. The number of aromatic nitrogens is 2. The van der Waals surface area contributed by atoms with E-state index in [1.54, 1.807) is 6.07 Å². The average molecular weight is 528 g/mol. The molecule has 0 N–H and O–H groups in total. The lowest BCUT2D eigenvalue weighted by molar-refractivity contribution is 0.0737. The van der Waals surface area contributed by atoms with E-state index < -0.39 is 0 Å². The molecule has 1 aliphatic heterocycles. The highest BCUT2D eigenvalue weighted by Crippen LogP contribution is 2.31. The number of nitrogens with zero attached hydrogens (tertiary/aromatic N) is 5. The summed E-state index contributed by atoms with van der Waals surface area (Å²) < 4.78 is 16.1. The summed E-state index contributed by atoms with van der Waals surface area (Å²) in [6, 6.07) is 20.6. The van der Waals surface area contributed by atoms with Crippen LogP contribution in [0.4, 0.5) is 10.2 Å². The quantitative estimate of drug-likeness (QED) is 0.286. The highest BCUT2D eigenvalue weighted by molar-refractivity contribution is 6.07. The van der Waals surface area contributed by atoms with Gasteiger partial charge in [-0.05, 0) is 61.3 Å². The molecule has 0 saturated carbocycles. The van der Waals surface area contributed by atoms with Crippen LogP contribution in [0.25, 0.3) is 16.5 Å². The van der Waals surface area contributed by atoms with Crippen molar-refractivity contribution in [1.29, 1.82) is 0 Å². The number of hydrogen-bond acceptors (Lipinski definition) is 4. The third-order valence-corrected chi connectivity index (χ3v) is 7.65. The van der Waals surface area contributed by atoms with Gasteiger partial charge in [-0.15, -0.1) is 0 Å². The maximum atomic E-state index is 14.3. The van der Waals surface area contributed by atoms with Crippen molar-refractivity contribution < 1.29 is 9.18 Å². The van der Waals surface area contributed by atoms with E-state index in [0.29, 0.717) is 30.3 Å². The van der Waals surface area contributed by atoms with Crippen LogP contribution in [0, 0.1) is 18.7 Å². The minimum absolute atomic E-state index is 0.0229. The number of likely N-dealkylation sites (N-methyl/N-ethyl adjacent to an activating group) is 1. The average Bonchev–Trinajstić information content (AvgIpc) is 3.26. The number of fused-ring (bicyclic) bond motifs is 1. The molecule has 2 heterocycles. The highest BCUT2D eigenvalue weighted by Gasteiger charge is 2.28. The molecule has 204 valence electrons. The van der Waals surface area contributed by atoms with Gasteiger partial charge in [-0.2, -0.15) is 5.10 Å². The standard InChI is InChI=1S/C32H38FN5O/c1-23(2)15-16-37(32(39)29-14-7-10-25-9-5-6-13-28(25)29)22-30-24(3)34-38(27-12-8-11-26(33)21-27)31(30)36-19-17-35(4)18-20-36/h5-14,21,23H,15-20,22H2,1-4H3. The summed E-state index contributed by atoms with van der Waals surface area (Å²) in [5.74, 6) is 1.14. The van der Waals surface area contributed by atoms with Crippen molar-refractivity contribution in [3.05, 3.63) is 89.4 Å². The van der Waals surface area contributed by atoms with Crippen LogP contribution in [0.5, 0.6) is 0 Å². The molecule has 0 spiro atoms. The number of amides is 1. The van der Waals surface area contributed by atoms with E-state index >= 15 is 0 Å². The zero-order chi connectivity index (χ0) is 27.5. The van der Waals surface area contributed by atoms with Gasteiger partial charge in [-0.3, -0.25) is 4.79 Å². The molecule has 1 aromatic heterocycles. The first kappa shape index (κ1) is 26.9. The fraction of sp³-hybridized carbons (Fsp3) is 0.375. The Morgan fingerprint density at radius 3 is 2.46 bits per heavy atom. The van der Waals surface area contributed by atoms with Crippen molar-refractivity contribution in [3.8, 4) is 5.69 Å². The van der Waals surface area contributed by atoms with Crippen LogP contribution in [0.1, 0.15) is 41.9 Å². The predicted octanol–water partition coefficient (Wildman–Crippen LogP) is 5.91. The van der Waals surface area contributed by atoms with Crippen molar-refractivity contribution in [3.63, 3.8) is 0 Å². The maximum Gasteiger partial charge on any atom is 0.254 e. The molecule has 4 aromatic rings. The molecule has 1 fully saturated rings. The molecule has 0 bridgehead atoms. The van der Waals surface area contributed by atoms with Gasteiger partial charge >= 0.3 is 0 Å². The van der Waals surface area contributed by atoms with Crippen LogP contribution < -0.4 is 4.90 Å². The Morgan fingerprint density at radius 1 is 1.00 bits per heavy atom. The Bertz CT molecular complexity index is 1450. The molecule has 7 heteroatoms. The van der Waals surface area contributed by atoms with Gasteiger partial charge < -0.3 is 14.7 Å². The van der Waals surface area contributed by atoms with Crippen LogP contribution in [0.3, 0.4) is 0 Å². The third kappa shape index (κ3) is 5.83. The second-order valence-corrected chi connectivity index (χ2v) is 11.0. The monoisotopic (exact) mass is 527 g/mol. The predicted molar refractivity (Wildman–Crippen MR) is 156 cm³/mol. The Kier molecular flexibility index (Phi) is 7.98. The lowest BCUT2D eigenvalue weighted by atomic mass is 10.0. The summed E-state index contributed by atoms with van der Waals surface area (Å²) in [5.41, 5.74) is 3.27. The van der Waals surface area contributed by atoms with Crippen molar-refractivity contribution in [2.45, 2.75) is 33.7 Å². The molecule has 5 rings (SSSR count). The van der Waals surface area contributed by atoms with Crippen molar-refractivity contribution in [1.82, 2.24) is 19.6 Å². The normalized spacial score (nSPS) is 14.4. The molecule has 0 aliphatic carbocycles. The number of rotatable bonds is 8. The lowest BCUT2D eigenvalue weighted by Gasteiger charge is -2.35. The SMILES string of the molecule is Cc1nn(-c2cccc(F)c2)c(N2CCN(C)CC2)c1CN(CCC(C)C)C(=O)c1cccc2ccccc12. The smallest absolute Gasteiger partial charge is 0.254 e. The van der Waals surface area contributed by atoms with E-state index in [4.69, 9.17) is 5.10 Å². The Morgan fingerprint density at radius 2 is 1.72 bits per heavy atom. The number of hydrogen-bond donors (Lipinski definition) is 0. The molecule has 0 radical (unpaired) electrons. The van der Waals surface area contributed by atoms with E-state index in [0.717, 1.165) is 60.4 Å². The van der Waals surface area contributed by atoms with E-state index in [9.17, 15) is 9.18 Å². The van der Waals surface area contributed by atoms with Crippen LogP contribution >= 0.6 is 0 Å². The number of aryl methyl sites for hydroxylation is 1. The summed E-state index contributed by atoms with van der Waals surface area (Å²) in [7, 11) is 2.13. The van der Waals surface area contributed by atoms with Crippen molar-refractivity contribution in [2.24, 2.45) is 5.92 Å². The summed E-state index contributed by atoms with van der Waals surface area (Å²) in [6.45, 7) is 11.0. The van der Waals surface area contributed by atoms with Crippen molar-refractivity contribution >= 4 is 22.5 Å². The number of carbonyl (C=O) groups excluding carboxylic acids is 1. The van der Waals surface area contributed by atoms with Gasteiger partial charge in [0.1, 0.15) is 11.6 Å². The highest BCUT2D eigenvalue weighted by atomic mass is 19.1. The summed E-state index contributed by atoms with van der Waals surface area (Å²) >= 11 is 0. The molecule has 6 nitrogen and oxygen atoms in total. The lowest BCUT2D eigenvalue weighted by Crippen LogP contribution is -2.45. The van der Waals surface area contributed by atoms with Crippen LogP contribution in [-0.2, 0) is 6.54 Å². The zero-order valence-electron chi connectivity index (χ0n) is 23.4. The van der Waals surface area contributed by atoms with Crippen molar-refractivity contribution in [2.75, 3.05) is 44.7 Å². The maximum absolute atomic E-state index is 14.3. The molecule has 0 unspecified atom stereocenters. The number of piperazine rings is 1. The van der Waals surface area contributed by atoms with E-state index in [1.807, 2.05) is 65.0 Å². The first-order chi connectivity index (χ1) is 18.8. The van der Waals surface area contributed by atoms with E-state index in [1.165, 1.54) is 12.1 Å². The van der Waals surface area contributed by atoms with Gasteiger partial charge in [0.15, 0.2) is 0 Å². The minimum Gasteiger partial charge on any atom is -0.354 e. The molecule has 1 saturated heterocycles. The number of carbonyl (C=O) groups is 1. The largest absolute Gasteiger partial charge is 0.354 e. The van der Waals surface area contributed by atoms with Gasteiger partial charge in [0.25, 0.3) is 5.91 Å². The second kappa shape index (κ2) is 11.6. The molecular formula is C32H38FN5O. The Hall–Kier alpha value is -3.71. The van der Waals surface area contributed by atoms with E-state index in [2.05, 4.69) is 30.7 Å². The van der Waals surface area contributed by atoms with Crippen LogP contribution in [0.15, 0.2) is 66.7 Å². The topological polar surface area (TPSA) is 44.6 Å². The number of halogens is 1. The molecule has 1 amide bonds. The zero-order valence-corrected chi connectivity index (χ0v) is 23.4. The molecule has 39 heavy (non-hydrogen) atoms. The number of benzene rings is 3. The molecule has 0 atom stereocenters. The van der Waals surface area contributed by atoms with Crippen LogP contribution in [0.2, 0.25) is 0 Å². The Labute approximate surface area is 230 Å². The number of anilines is 1. The van der Waals surface area contributed by atoms with Gasteiger partial charge in [-0.25, -0.2) is 9.07 Å². The van der Waals surface area contributed by atoms with Gasteiger partial charge in [0.2, 0.25) is 0 Å². The third-order valence-electron chi connectivity index (χ3n) is 7.65. The van der Waals surface area contributed by atoms with Gasteiger partial charge in [0.05, 0.1) is 17.9 Å². The van der Waals surface area contributed by atoms with Crippen LogP contribution in [-0.4, -0.2) is 65.3 Å². The molecular weight excluding hydrogens is 489 g/mol. The van der Waals surface area contributed by atoms with E-state index in [-0.39, 0.29) is 11.7 Å². The summed E-state index contributed by atoms with van der Waals surface area (Å²) in [5, 5.41) is 6.92.